The van der Waals surface area contributed by atoms with Gasteiger partial charge in [0.25, 0.3) is 0 Å². The fourth-order valence-electron chi connectivity index (χ4n) is 3.34. The molecule has 110 valence electrons. The smallest absolute Gasteiger partial charge is 0.0834 e. The van der Waals surface area contributed by atoms with E-state index in [1.54, 1.807) is 0 Å². The minimum Gasteiger partial charge on any atom is -0.394 e. The molecule has 0 aliphatic carbocycles. The van der Waals surface area contributed by atoms with Crippen LogP contribution in [0.1, 0.15) is 47.0 Å². The topological polar surface area (TPSA) is 40.5 Å². The highest BCUT2D eigenvalue weighted by Crippen LogP contribution is 2.47. The molecule has 2 saturated heterocycles. The monoisotopic (exact) mass is 277 g/mol. The van der Waals surface area contributed by atoms with Gasteiger partial charge in [0.15, 0.2) is 0 Å². The molecule has 0 amide bonds. The van der Waals surface area contributed by atoms with Crippen molar-refractivity contribution >= 4 is 7.14 Å². The van der Waals surface area contributed by atoms with E-state index in [1.165, 1.54) is 6.42 Å². The molecule has 2 rings (SSSR count). The summed E-state index contributed by atoms with van der Waals surface area (Å²) in [6.07, 6.45) is 5.35. The van der Waals surface area contributed by atoms with Crippen molar-refractivity contribution in [3.05, 3.63) is 0 Å². The first-order chi connectivity index (χ1) is 7.97. The van der Waals surface area contributed by atoms with Crippen LogP contribution in [-0.2, 0) is 4.57 Å². The highest BCUT2D eigenvalue weighted by Gasteiger charge is 2.49. The molecule has 1 N–H and O–H groups in total. The number of nitrogens with zero attached hydrogens (tertiary/aromatic N) is 1. The summed E-state index contributed by atoms with van der Waals surface area (Å²) in [6, 6.07) is 0.459. The SMILES string of the molecule is C.CC.CP(C)(=O)C[C@@H]1CC[C@]2(CO)CCCN12. The predicted octanol–water partition coefficient (Wildman–Crippen LogP) is 3.26. The number of hydrogen-bond donors (Lipinski definition) is 1. The van der Waals surface area contributed by atoms with E-state index in [1.807, 2.05) is 27.2 Å². The maximum Gasteiger partial charge on any atom is 0.0834 e. The number of hydrogen-bond acceptors (Lipinski definition) is 3. The van der Waals surface area contributed by atoms with E-state index in [0.717, 1.165) is 32.0 Å². The van der Waals surface area contributed by atoms with Crippen molar-refractivity contribution in [2.75, 3.05) is 32.6 Å². The van der Waals surface area contributed by atoms with Gasteiger partial charge in [-0.1, -0.05) is 21.3 Å². The molecule has 0 aromatic heterocycles. The van der Waals surface area contributed by atoms with Crippen molar-refractivity contribution in [3.63, 3.8) is 0 Å². The summed E-state index contributed by atoms with van der Waals surface area (Å²) in [5.41, 5.74) is 0.0554. The first-order valence-electron chi connectivity index (χ1n) is 6.88. The maximum absolute atomic E-state index is 11.9. The van der Waals surface area contributed by atoms with Crippen LogP contribution in [0.4, 0.5) is 0 Å². The van der Waals surface area contributed by atoms with Gasteiger partial charge in [0, 0.05) is 17.7 Å². The van der Waals surface area contributed by atoms with Crippen LogP contribution in [0.5, 0.6) is 0 Å². The Hall–Kier alpha value is 0.150. The molecule has 0 aromatic rings. The summed E-state index contributed by atoms with van der Waals surface area (Å²) in [6.45, 7) is 9.12. The molecule has 0 unspecified atom stereocenters. The quantitative estimate of drug-likeness (QED) is 0.805. The van der Waals surface area contributed by atoms with Gasteiger partial charge in [0.1, 0.15) is 0 Å². The van der Waals surface area contributed by atoms with Crippen molar-refractivity contribution in [3.8, 4) is 0 Å². The zero-order chi connectivity index (χ0) is 13.1. The molecule has 0 aromatic carbocycles. The highest BCUT2D eigenvalue weighted by atomic mass is 31.2. The van der Waals surface area contributed by atoms with Gasteiger partial charge in [-0.25, -0.2) is 0 Å². The fraction of sp³-hybridized carbons (Fsp3) is 1.00. The molecule has 2 aliphatic rings. The zero-order valence-corrected chi connectivity index (χ0v) is 12.7. The van der Waals surface area contributed by atoms with E-state index in [9.17, 15) is 9.67 Å². The molecule has 2 aliphatic heterocycles. The van der Waals surface area contributed by atoms with Crippen LogP contribution in [0.3, 0.4) is 0 Å². The minimum absolute atomic E-state index is 0. The summed E-state index contributed by atoms with van der Waals surface area (Å²) in [4.78, 5) is 2.44. The fourth-order valence-corrected chi connectivity index (χ4v) is 4.73. The van der Waals surface area contributed by atoms with E-state index in [-0.39, 0.29) is 19.6 Å². The zero-order valence-electron chi connectivity index (χ0n) is 11.8. The van der Waals surface area contributed by atoms with E-state index in [2.05, 4.69) is 4.90 Å². The normalized spacial score (nSPS) is 31.3. The van der Waals surface area contributed by atoms with Gasteiger partial charge in [-0.15, -0.1) is 0 Å². The average molecular weight is 277 g/mol. The van der Waals surface area contributed by atoms with Gasteiger partial charge in [-0.05, 0) is 45.6 Å². The Bertz CT molecular complexity index is 290. The molecule has 2 atom stereocenters. The van der Waals surface area contributed by atoms with Crippen LogP contribution in [0.2, 0.25) is 0 Å². The number of aliphatic hydroxyl groups is 1. The van der Waals surface area contributed by atoms with Gasteiger partial charge in [0.05, 0.1) is 13.7 Å². The van der Waals surface area contributed by atoms with Crippen LogP contribution < -0.4 is 0 Å². The lowest BCUT2D eigenvalue weighted by Gasteiger charge is -2.33. The van der Waals surface area contributed by atoms with Gasteiger partial charge >= 0.3 is 0 Å². The molecule has 0 bridgehead atoms. The van der Waals surface area contributed by atoms with Crippen LogP contribution in [0, 0.1) is 0 Å². The third kappa shape index (κ3) is 3.82. The highest BCUT2D eigenvalue weighted by molar-refractivity contribution is 7.62. The van der Waals surface area contributed by atoms with E-state index in [0.29, 0.717) is 6.04 Å². The van der Waals surface area contributed by atoms with Gasteiger partial charge in [0.2, 0.25) is 0 Å². The number of aliphatic hydroxyl groups excluding tert-OH is 1. The summed E-state index contributed by atoms with van der Waals surface area (Å²) in [5, 5.41) is 9.53. The van der Waals surface area contributed by atoms with Gasteiger partial charge < -0.3 is 9.67 Å². The first-order valence-corrected chi connectivity index (χ1v) is 9.67. The standard InChI is InChI=1S/C11H22NO2P.C2H6.CH4/c1-15(2,14)8-10-4-6-11(9-13)5-3-7-12(10)11;1-2;/h10,13H,3-9H2,1-2H3;1-2H3;1H4/t10-,11-;;/m0../s1. The lowest BCUT2D eigenvalue weighted by atomic mass is 9.95. The van der Waals surface area contributed by atoms with Crippen molar-refractivity contribution in [1.29, 1.82) is 0 Å². The minimum atomic E-state index is -1.93. The Labute approximate surface area is 113 Å². The molecular weight excluding hydrogens is 245 g/mol. The summed E-state index contributed by atoms with van der Waals surface area (Å²) < 4.78 is 11.9. The first kappa shape index (κ1) is 18.1. The van der Waals surface area contributed by atoms with E-state index >= 15 is 0 Å². The maximum atomic E-state index is 11.9. The second-order valence-corrected chi connectivity index (χ2v) is 9.14. The van der Waals surface area contributed by atoms with Crippen molar-refractivity contribution in [2.24, 2.45) is 0 Å². The Morgan fingerprint density at radius 1 is 1.33 bits per heavy atom. The number of fused-ring (bicyclic) bond motifs is 1. The molecule has 2 heterocycles. The second kappa shape index (κ2) is 7.07. The summed E-state index contributed by atoms with van der Waals surface area (Å²) >= 11 is 0. The van der Waals surface area contributed by atoms with Crippen LogP contribution in [0.15, 0.2) is 0 Å². The van der Waals surface area contributed by atoms with E-state index in [4.69, 9.17) is 0 Å². The molecular formula is C14H32NO2P. The Morgan fingerprint density at radius 3 is 2.44 bits per heavy atom. The van der Waals surface area contributed by atoms with Crippen molar-refractivity contribution < 1.29 is 9.67 Å². The van der Waals surface area contributed by atoms with Crippen LogP contribution in [-0.4, -0.2) is 54.2 Å². The molecule has 18 heavy (non-hydrogen) atoms. The Kier molecular flexibility index (Phi) is 7.13. The molecule has 4 heteroatoms. The Morgan fingerprint density at radius 2 is 1.94 bits per heavy atom. The van der Waals surface area contributed by atoms with Gasteiger partial charge in [-0.3, -0.25) is 4.90 Å². The third-order valence-electron chi connectivity index (χ3n) is 3.98. The lowest BCUT2D eigenvalue weighted by Crippen LogP contribution is -2.46. The summed E-state index contributed by atoms with van der Waals surface area (Å²) in [7, 11) is -1.93. The summed E-state index contributed by atoms with van der Waals surface area (Å²) in [5.74, 6) is 0. The second-order valence-electron chi connectivity index (χ2n) is 5.63. The largest absolute Gasteiger partial charge is 0.394 e. The third-order valence-corrected chi connectivity index (χ3v) is 5.28. The molecule has 0 saturated carbocycles. The lowest BCUT2D eigenvalue weighted by molar-refractivity contribution is 0.0824. The van der Waals surface area contributed by atoms with Crippen molar-refractivity contribution in [2.45, 2.75) is 58.5 Å². The Balaban J connectivity index is 0.000000917. The number of rotatable bonds is 3. The predicted molar refractivity (Wildman–Crippen MR) is 81.2 cm³/mol. The molecule has 3 nitrogen and oxygen atoms in total. The average Bonchev–Trinajstić information content (AvgIpc) is 2.81. The van der Waals surface area contributed by atoms with E-state index < -0.39 is 7.14 Å². The van der Waals surface area contributed by atoms with Crippen LogP contribution in [0.25, 0.3) is 0 Å². The molecule has 2 fully saturated rings. The molecule has 0 radical (unpaired) electrons. The van der Waals surface area contributed by atoms with Crippen molar-refractivity contribution in [1.82, 2.24) is 4.90 Å². The van der Waals surface area contributed by atoms with Gasteiger partial charge in [-0.2, -0.15) is 0 Å². The van der Waals surface area contributed by atoms with Crippen LogP contribution >= 0.6 is 7.14 Å². The molecule has 0 spiro atoms.